The van der Waals surface area contributed by atoms with Gasteiger partial charge in [0.1, 0.15) is 5.75 Å². The zero-order valence-electron chi connectivity index (χ0n) is 19.5. The molecule has 0 unspecified atom stereocenters. The third kappa shape index (κ3) is 9.33. The fraction of sp³-hybridized carbons (Fsp3) is 0.607. The van der Waals surface area contributed by atoms with Crippen LogP contribution in [0.4, 0.5) is 0 Å². The monoisotopic (exact) mass is 423 g/mol. The van der Waals surface area contributed by atoms with Crippen LogP contribution in [0.25, 0.3) is 11.3 Å². The van der Waals surface area contributed by atoms with Gasteiger partial charge in [0, 0.05) is 11.6 Å². The molecule has 1 aromatic carbocycles. The Morgan fingerprint density at radius 1 is 0.742 bits per heavy atom. The highest BCUT2D eigenvalue weighted by atomic mass is 16.5. The summed E-state index contributed by atoms with van der Waals surface area (Å²) in [5, 5.41) is 0. The van der Waals surface area contributed by atoms with Crippen LogP contribution in [0.1, 0.15) is 90.4 Å². The third-order valence-electron chi connectivity index (χ3n) is 6.10. The van der Waals surface area contributed by atoms with Crippen LogP contribution in [0.15, 0.2) is 42.5 Å². The standard InChI is InChI=1S/C28H41NO2/c1-2-3-4-5-7-13-23-31-28-19-14-17-26(29-28)25-16-10-11-18-27(25)30-22-12-8-6-9-15-24-20-21-24/h10-11,14,16-19,24H,2-9,12-13,15,20-23H2,1H3. The molecule has 170 valence electrons. The first-order valence-electron chi connectivity index (χ1n) is 12.7. The van der Waals surface area contributed by atoms with E-state index in [0.717, 1.165) is 49.0 Å². The normalized spacial score (nSPS) is 13.3. The van der Waals surface area contributed by atoms with Crippen LogP contribution in [-0.2, 0) is 0 Å². The van der Waals surface area contributed by atoms with E-state index in [0.29, 0.717) is 5.88 Å². The number of aromatic nitrogens is 1. The minimum absolute atomic E-state index is 0.705. The summed E-state index contributed by atoms with van der Waals surface area (Å²) in [5.41, 5.74) is 1.96. The van der Waals surface area contributed by atoms with E-state index in [4.69, 9.17) is 14.5 Å². The van der Waals surface area contributed by atoms with Gasteiger partial charge in [-0.15, -0.1) is 0 Å². The molecule has 0 amide bonds. The molecular formula is C28H41NO2. The average molecular weight is 424 g/mol. The molecule has 0 N–H and O–H groups in total. The van der Waals surface area contributed by atoms with Crippen molar-refractivity contribution in [2.24, 2.45) is 5.92 Å². The summed E-state index contributed by atoms with van der Waals surface area (Å²) in [6.45, 7) is 3.76. The van der Waals surface area contributed by atoms with Gasteiger partial charge in [-0.3, -0.25) is 0 Å². The number of para-hydroxylation sites is 1. The van der Waals surface area contributed by atoms with Crippen molar-refractivity contribution in [2.75, 3.05) is 13.2 Å². The highest BCUT2D eigenvalue weighted by Gasteiger charge is 2.19. The Morgan fingerprint density at radius 2 is 1.45 bits per heavy atom. The molecule has 0 atom stereocenters. The average Bonchev–Trinajstić information content (AvgIpc) is 3.63. The van der Waals surface area contributed by atoms with E-state index in [-0.39, 0.29) is 0 Å². The molecule has 0 aliphatic heterocycles. The molecule has 1 heterocycles. The van der Waals surface area contributed by atoms with Crippen LogP contribution in [0, 0.1) is 5.92 Å². The lowest BCUT2D eigenvalue weighted by Gasteiger charge is -2.12. The van der Waals surface area contributed by atoms with Crippen molar-refractivity contribution in [3.8, 4) is 22.9 Å². The van der Waals surface area contributed by atoms with E-state index in [1.807, 2.05) is 36.4 Å². The van der Waals surface area contributed by atoms with Gasteiger partial charge in [-0.05, 0) is 37.0 Å². The van der Waals surface area contributed by atoms with Crippen LogP contribution in [-0.4, -0.2) is 18.2 Å². The predicted molar refractivity (Wildman–Crippen MR) is 130 cm³/mol. The summed E-state index contributed by atoms with van der Waals surface area (Å²) in [6, 6.07) is 14.2. The second-order valence-electron chi connectivity index (χ2n) is 8.97. The van der Waals surface area contributed by atoms with Gasteiger partial charge in [-0.2, -0.15) is 0 Å². The summed E-state index contributed by atoms with van der Waals surface area (Å²) in [5.74, 6) is 2.68. The Kier molecular flexibility index (Phi) is 10.8. The Balaban J connectivity index is 1.41. The number of hydrogen-bond acceptors (Lipinski definition) is 3. The fourth-order valence-electron chi connectivity index (χ4n) is 3.99. The van der Waals surface area contributed by atoms with Gasteiger partial charge in [0.05, 0.1) is 18.9 Å². The lowest BCUT2D eigenvalue weighted by atomic mass is 10.1. The number of ether oxygens (including phenoxy) is 2. The van der Waals surface area contributed by atoms with Crippen molar-refractivity contribution < 1.29 is 9.47 Å². The van der Waals surface area contributed by atoms with Gasteiger partial charge < -0.3 is 9.47 Å². The SMILES string of the molecule is CCCCCCCCOc1cccc(-c2ccccc2OCCCCCCC2CC2)n1. The number of hydrogen-bond donors (Lipinski definition) is 0. The summed E-state index contributed by atoms with van der Waals surface area (Å²) in [4.78, 5) is 4.74. The second-order valence-corrected chi connectivity index (χ2v) is 8.97. The zero-order chi connectivity index (χ0) is 21.6. The van der Waals surface area contributed by atoms with Gasteiger partial charge in [0.2, 0.25) is 5.88 Å². The van der Waals surface area contributed by atoms with E-state index in [1.54, 1.807) is 0 Å². The van der Waals surface area contributed by atoms with E-state index in [2.05, 4.69) is 13.0 Å². The predicted octanol–water partition coefficient (Wildman–Crippen LogP) is 8.23. The molecule has 1 aromatic heterocycles. The first-order valence-corrected chi connectivity index (χ1v) is 12.7. The number of benzene rings is 1. The number of unbranched alkanes of at least 4 members (excludes halogenated alkanes) is 8. The maximum absolute atomic E-state index is 6.14. The van der Waals surface area contributed by atoms with Crippen molar-refractivity contribution in [1.82, 2.24) is 4.98 Å². The lowest BCUT2D eigenvalue weighted by molar-refractivity contribution is 0.293. The summed E-state index contributed by atoms with van der Waals surface area (Å²) < 4.78 is 12.1. The van der Waals surface area contributed by atoms with E-state index >= 15 is 0 Å². The maximum atomic E-state index is 6.14. The molecule has 0 saturated heterocycles. The Morgan fingerprint density at radius 3 is 2.26 bits per heavy atom. The first-order chi connectivity index (χ1) is 15.4. The van der Waals surface area contributed by atoms with E-state index < -0.39 is 0 Å². The van der Waals surface area contributed by atoms with E-state index in [1.165, 1.54) is 70.6 Å². The smallest absolute Gasteiger partial charge is 0.213 e. The quantitative estimate of drug-likeness (QED) is 0.240. The molecule has 1 aliphatic rings. The van der Waals surface area contributed by atoms with Crippen molar-refractivity contribution in [2.45, 2.75) is 90.4 Å². The van der Waals surface area contributed by atoms with Crippen molar-refractivity contribution in [3.05, 3.63) is 42.5 Å². The number of nitrogens with zero attached hydrogens (tertiary/aromatic N) is 1. The zero-order valence-corrected chi connectivity index (χ0v) is 19.5. The second kappa shape index (κ2) is 14.1. The summed E-state index contributed by atoms with van der Waals surface area (Å²) in [6.07, 6.45) is 17.1. The number of rotatable bonds is 17. The van der Waals surface area contributed by atoms with Gasteiger partial charge in [0.25, 0.3) is 0 Å². The van der Waals surface area contributed by atoms with E-state index in [9.17, 15) is 0 Å². The largest absolute Gasteiger partial charge is 0.493 e. The fourth-order valence-corrected chi connectivity index (χ4v) is 3.99. The van der Waals surface area contributed by atoms with Gasteiger partial charge in [-0.25, -0.2) is 4.98 Å². The van der Waals surface area contributed by atoms with Crippen LogP contribution >= 0.6 is 0 Å². The van der Waals surface area contributed by atoms with Crippen molar-refractivity contribution in [1.29, 1.82) is 0 Å². The van der Waals surface area contributed by atoms with Gasteiger partial charge in [0.15, 0.2) is 0 Å². The molecule has 31 heavy (non-hydrogen) atoms. The molecule has 0 bridgehead atoms. The van der Waals surface area contributed by atoms with Crippen LogP contribution in [0.2, 0.25) is 0 Å². The minimum Gasteiger partial charge on any atom is -0.493 e. The van der Waals surface area contributed by atoms with Crippen molar-refractivity contribution >= 4 is 0 Å². The molecule has 1 fully saturated rings. The Hall–Kier alpha value is -2.03. The lowest BCUT2D eigenvalue weighted by Crippen LogP contribution is -2.01. The van der Waals surface area contributed by atoms with Gasteiger partial charge in [-0.1, -0.05) is 95.8 Å². The molecule has 3 rings (SSSR count). The minimum atomic E-state index is 0.705. The highest BCUT2D eigenvalue weighted by molar-refractivity contribution is 5.67. The van der Waals surface area contributed by atoms with Crippen molar-refractivity contribution in [3.63, 3.8) is 0 Å². The van der Waals surface area contributed by atoms with Gasteiger partial charge >= 0.3 is 0 Å². The molecule has 1 saturated carbocycles. The Bertz CT molecular complexity index is 741. The maximum Gasteiger partial charge on any atom is 0.213 e. The van der Waals surface area contributed by atoms with Crippen LogP contribution in [0.3, 0.4) is 0 Å². The molecule has 3 heteroatoms. The molecule has 3 nitrogen and oxygen atoms in total. The summed E-state index contributed by atoms with van der Waals surface area (Å²) in [7, 11) is 0. The molecule has 0 radical (unpaired) electrons. The first kappa shape index (κ1) is 23.6. The Labute approximate surface area is 189 Å². The third-order valence-corrected chi connectivity index (χ3v) is 6.10. The molecule has 2 aromatic rings. The molecule has 0 spiro atoms. The molecule has 1 aliphatic carbocycles. The molecular weight excluding hydrogens is 382 g/mol. The van der Waals surface area contributed by atoms with Crippen LogP contribution < -0.4 is 9.47 Å². The van der Waals surface area contributed by atoms with Crippen LogP contribution in [0.5, 0.6) is 11.6 Å². The summed E-state index contributed by atoms with van der Waals surface area (Å²) >= 11 is 0. The highest BCUT2D eigenvalue weighted by Crippen LogP contribution is 2.34. The number of pyridine rings is 1. The topological polar surface area (TPSA) is 31.4 Å².